The Morgan fingerprint density at radius 1 is 0.894 bits per heavy atom. The normalized spacial score (nSPS) is 14.5. The van der Waals surface area contributed by atoms with Crippen LogP contribution in [0.4, 0.5) is 0 Å². The van der Waals surface area contributed by atoms with Crippen molar-refractivity contribution in [2.45, 2.75) is 135 Å². The van der Waals surface area contributed by atoms with E-state index in [4.69, 9.17) is 9.47 Å². The fourth-order valence-electron chi connectivity index (χ4n) is 5.09. The number of nitrogens with one attached hydrogen (secondary N) is 1. The summed E-state index contributed by atoms with van der Waals surface area (Å²) in [4.78, 5) is 61.8. The van der Waals surface area contributed by atoms with E-state index in [2.05, 4.69) is 12.2 Å². The van der Waals surface area contributed by atoms with E-state index in [1.807, 2.05) is 13.8 Å². The lowest BCUT2D eigenvalue weighted by atomic mass is 9.82. The first kappa shape index (κ1) is 41.3. The first-order valence-electron chi connectivity index (χ1n) is 16.9. The lowest BCUT2D eigenvalue weighted by Gasteiger charge is -2.29. The van der Waals surface area contributed by atoms with Crippen LogP contribution in [0.15, 0.2) is 36.4 Å². The molecule has 1 aromatic rings. The molecule has 0 fully saturated rings. The Morgan fingerprint density at radius 3 is 2.02 bits per heavy atom. The molecule has 11 nitrogen and oxygen atoms in total. The van der Waals surface area contributed by atoms with Crippen LogP contribution in [0.5, 0.6) is 5.75 Å². The Kier molecular flexibility index (Phi) is 20.0. The number of carboxylic acid groups (broad SMARTS) is 2. The molecule has 0 aliphatic heterocycles. The second-order valence-corrected chi connectivity index (χ2v) is 12.1. The van der Waals surface area contributed by atoms with E-state index in [1.54, 1.807) is 24.3 Å². The highest BCUT2D eigenvalue weighted by Crippen LogP contribution is 2.26. The molecule has 0 aliphatic rings. The van der Waals surface area contributed by atoms with E-state index in [0.29, 0.717) is 37.0 Å². The number of esters is 1. The van der Waals surface area contributed by atoms with Crippen molar-refractivity contribution in [2.24, 2.45) is 5.92 Å². The molecule has 0 aromatic heterocycles. The molecular weight excluding hydrogens is 606 g/mol. The third kappa shape index (κ3) is 16.1. The topological polar surface area (TPSA) is 177 Å². The maximum atomic E-state index is 13.5. The molecule has 1 amide bonds. The van der Waals surface area contributed by atoms with Crippen LogP contribution < -0.4 is 10.1 Å². The molecule has 4 N–H and O–H groups in total. The maximum absolute atomic E-state index is 13.5. The maximum Gasteiger partial charge on any atom is 0.337 e. The van der Waals surface area contributed by atoms with E-state index in [9.17, 15) is 39.3 Å². The molecule has 2 unspecified atom stereocenters. The van der Waals surface area contributed by atoms with E-state index in [1.165, 1.54) is 25.0 Å². The highest BCUT2D eigenvalue weighted by atomic mass is 16.5. The number of benzene rings is 1. The van der Waals surface area contributed by atoms with Crippen LogP contribution in [0.3, 0.4) is 0 Å². The van der Waals surface area contributed by atoms with Crippen molar-refractivity contribution in [2.75, 3.05) is 7.11 Å². The van der Waals surface area contributed by atoms with Gasteiger partial charge in [-0.3, -0.25) is 14.4 Å². The minimum atomic E-state index is -2.97. The fraction of sp³-hybridized carbons (Fsp3) is 0.639. The number of hydrogen-bond donors (Lipinski definition) is 4. The summed E-state index contributed by atoms with van der Waals surface area (Å²) in [5, 5.41) is 32.6. The number of carbonyl (C=O) groups excluding carboxylic acids is 3. The van der Waals surface area contributed by atoms with Crippen molar-refractivity contribution in [1.29, 1.82) is 0 Å². The van der Waals surface area contributed by atoms with E-state index >= 15 is 0 Å². The molecule has 0 radical (unpaired) electrons. The lowest BCUT2D eigenvalue weighted by molar-refractivity contribution is -0.172. The summed E-state index contributed by atoms with van der Waals surface area (Å²) in [6.07, 6.45) is 12.5. The van der Waals surface area contributed by atoms with Gasteiger partial charge in [-0.25, -0.2) is 9.59 Å². The van der Waals surface area contributed by atoms with Gasteiger partial charge in [0.15, 0.2) is 5.60 Å². The smallest absolute Gasteiger partial charge is 0.337 e. The van der Waals surface area contributed by atoms with Gasteiger partial charge in [0, 0.05) is 19.3 Å². The van der Waals surface area contributed by atoms with Crippen molar-refractivity contribution >= 4 is 29.6 Å². The number of aliphatic hydroxyl groups is 1. The van der Waals surface area contributed by atoms with Gasteiger partial charge >= 0.3 is 17.9 Å². The zero-order chi connectivity index (χ0) is 35.2. The van der Waals surface area contributed by atoms with Gasteiger partial charge in [0.05, 0.1) is 25.6 Å². The Hall–Kier alpha value is -3.73. The summed E-state index contributed by atoms with van der Waals surface area (Å²) in [6, 6.07) is 5.66. The van der Waals surface area contributed by atoms with Crippen LogP contribution in [0.25, 0.3) is 0 Å². The van der Waals surface area contributed by atoms with Crippen molar-refractivity contribution in [3.05, 3.63) is 42.0 Å². The van der Waals surface area contributed by atoms with Crippen molar-refractivity contribution in [3.63, 3.8) is 0 Å². The number of Topliss-reactive ketones (excluding diaryl/α,β-unsaturated/α-hetero) is 1. The minimum absolute atomic E-state index is 0.00967. The Bertz CT molecular complexity index is 1150. The van der Waals surface area contributed by atoms with E-state index < -0.39 is 47.8 Å². The van der Waals surface area contributed by atoms with Gasteiger partial charge in [-0.1, -0.05) is 76.7 Å². The van der Waals surface area contributed by atoms with Gasteiger partial charge in [-0.05, 0) is 56.7 Å². The number of aliphatic carboxylic acids is 2. The third-order valence-electron chi connectivity index (χ3n) is 8.13. The number of unbranched alkanes of at least 4 members (excludes halogenated alkanes) is 8. The van der Waals surface area contributed by atoms with Crippen LogP contribution in [0.2, 0.25) is 0 Å². The number of amides is 1. The molecule has 0 saturated carbocycles. The van der Waals surface area contributed by atoms with Crippen molar-refractivity contribution < 1.29 is 48.8 Å². The number of ketones is 1. The molecule has 0 heterocycles. The predicted octanol–water partition coefficient (Wildman–Crippen LogP) is 5.80. The molecule has 0 aliphatic carbocycles. The van der Waals surface area contributed by atoms with Gasteiger partial charge in [0.2, 0.25) is 5.91 Å². The van der Waals surface area contributed by atoms with Crippen LogP contribution in [0, 0.1) is 5.92 Å². The Balaban J connectivity index is 2.89. The largest absolute Gasteiger partial charge is 0.491 e. The first-order valence-corrected chi connectivity index (χ1v) is 16.9. The average molecular weight is 662 g/mol. The van der Waals surface area contributed by atoms with E-state index in [0.717, 1.165) is 52.1 Å². The van der Waals surface area contributed by atoms with Crippen molar-refractivity contribution in [3.8, 4) is 5.75 Å². The van der Waals surface area contributed by atoms with Crippen LogP contribution in [-0.2, 0) is 35.1 Å². The zero-order valence-electron chi connectivity index (χ0n) is 28.5. The highest BCUT2D eigenvalue weighted by molar-refractivity contribution is 5.94. The number of methoxy groups -OCH3 is 1. The number of rotatable bonds is 26. The quantitative estimate of drug-likeness (QED) is 0.0539. The van der Waals surface area contributed by atoms with Crippen molar-refractivity contribution in [1.82, 2.24) is 5.32 Å². The standard InChI is InChI=1S/C36H55NO10/c1-5-7-8-11-14-17-28(38)18-15-12-9-10-13-16-19-30(36(45,35(43)44)25-32(39)40)33(41)37-31(34(42)46-4)24-27-20-22-29(23-21-27)47-26(3)6-2/h16,19-23,26,30-31,45H,5-15,17-18,24-25H2,1-4H3,(H,37,41)(H,39,40)(H,43,44)/b19-16+/t26?,30-,31?,36+/m1/s1. The molecule has 264 valence electrons. The highest BCUT2D eigenvalue weighted by Gasteiger charge is 2.49. The molecule has 0 bridgehead atoms. The molecule has 4 atom stereocenters. The number of hydrogen-bond acceptors (Lipinski definition) is 8. The van der Waals surface area contributed by atoms with Gasteiger partial charge in [0.1, 0.15) is 17.6 Å². The molecule has 47 heavy (non-hydrogen) atoms. The summed E-state index contributed by atoms with van der Waals surface area (Å²) in [5.41, 5.74) is -2.32. The number of carbonyl (C=O) groups is 5. The fourth-order valence-corrected chi connectivity index (χ4v) is 5.09. The monoisotopic (exact) mass is 661 g/mol. The average Bonchev–Trinajstić information content (AvgIpc) is 3.03. The van der Waals surface area contributed by atoms with Gasteiger partial charge in [0.25, 0.3) is 0 Å². The minimum Gasteiger partial charge on any atom is -0.491 e. The number of ether oxygens (including phenoxy) is 2. The zero-order valence-corrected chi connectivity index (χ0v) is 28.5. The Morgan fingerprint density at radius 2 is 1.49 bits per heavy atom. The Labute approximate surface area is 279 Å². The number of allylic oxidation sites excluding steroid dienone is 1. The second-order valence-electron chi connectivity index (χ2n) is 12.1. The molecule has 1 rings (SSSR count). The summed E-state index contributed by atoms with van der Waals surface area (Å²) in [6.45, 7) is 6.09. The lowest BCUT2D eigenvalue weighted by Crippen LogP contribution is -2.55. The van der Waals surface area contributed by atoms with Crippen LogP contribution >= 0.6 is 0 Å². The predicted molar refractivity (Wildman–Crippen MR) is 178 cm³/mol. The molecule has 1 aromatic carbocycles. The molecule has 0 spiro atoms. The first-order chi connectivity index (χ1) is 22.4. The van der Waals surface area contributed by atoms with Gasteiger partial charge < -0.3 is 30.1 Å². The summed E-state index contributed by atoms with van der Waals surface area (Å²) >= 11 is 0. The SMILES string of the molecule is CCCCCCCC(=O)CCCCCC/C=C/[C@H](C(=O)NC(Cc1ccc(OC(C)CC)cc1)C(=O)OC)[C@@](O)(CC(=O)O)C(=O)O. The van der Waals surface area contributed by atoms with E-state index in [-0.39, 0.29) is 18.3 Å². The van der Waals surface area contributed by atoms with Crippen LogP contribution in [-0.4, -0.2) is 69.8 Å². The molecule has 0 saturated heterocycles. The molecular formula is C36H55NO10. The molecule has 11 heteroatoms. The summed E-state index contributed by atoms with van der Waals surface area (Å²) in [7, 11) is 1.14. The second kappa shape index (κ2) is 22.7. The third-order valence-corrected chi connectivity index (χ3v) is 8.13. The van der Waals surface area contributed by atoms with Gasteiger partial charge in [-0.15, -0.1) is 0 Å². The summed E-state index contributed by atoms with van der Waals surface area (Å²) in [5.74, 6) is -6.23. The summed E-state index contributed by atoms with van der Waals surface area (Å²) < 4.78 is 10.6. The number of carboxylic acids is 2. The van der Waals surface area contributed by atoms with Gasteiger partial charge in [-0.2, -0.15) is 0 Å². The van der Waals surface area contributed by atoms with Crippen LogP contribution in [0.1, 0.15) is 116 Å².